The number of benzene rings is 1. The maximum absolute atomic E-state index is 11.5. The molecule has 0 aliphatic heterocycles. The van der Waals surface area contributed by atoms with Crippen molar-refractivity contribution in [3.05, 3.63) is 35.4 Å². The molecule has 3 atom stereocenters. The summed E-state index contributed by atoms with van der Waals surface area (Å²) in [5.41, 5.74) is 2.53. The van der Waals surface area contributed by atoms with E-state index in [9.17, 15) is 9.90 Å². The molecule has 110 valence electrons. The van der Waals surface area contributed by atoms with Crippen LogP contribution in [0.15, 0.2) is 24.3 Å². The lowest BCUT2D eigenvalue weighted by molar-refractivity contribution is -0.145. The van der Waals surface area contributed by atoms with Crippen LogP contribution in [0, 0.1) is 30.6 Å². The molecule has 1 aliphatic carbocycles. The molecule has 0 amide bonds. The molecule has 1 N–H and O–H groups in total. The topological polar surface area (TPSA) is 37.3 Å². The van der Waals surface area contributed by atoms with E-state index in [4.69, 9.17) is 0 Å². The van der Waals surface area contributed by atoms with Crippen LogP contribution < -0.4 is 0 Å². The fourth-order valence-corrected chi connectivity index (χ4v) is 3.48. The Morgan fingerprint density at radius 2 is 1.90 bits per heavy atom. The van der Waals surface area contributed by atoms with Crippen LogP contribution in [-0.2, 0) is 11.2 Å². The van der Waals surface area contributed by atoms with Crippen LogP contribution in [0.3, 0.4) is 0 Å². The minimum atomic E-state index is -0.607. The summed E-state index contributed by atoms with van der Waals surface area (Å²) in [7, 11) is 0. The highest BCUT2D eigenvalue weighted by molar-refractivity contribution is 5.70. The summed E-state index contributed by atoms with van der Waals surface area (Å²) >= 11 is 0. The van der Waals surface area contributed by atoms with Crippen LogP contribution in [0.25, 0.3) is 0 Å². The van der Waals surface area contributed by atoms with Gasteiger partial charge in [0.1, 0.15) is 0 Å². The fourth-order valence-electron chi connectivity index (χ4n) is 3.48. The first kappa shape index (κ1) is 15.1. The van der Waals surface area contributed by atoms with Gasteiger partial charge in [-0.1, -0.05) is 43.7 Å². The molecule has 2 rings (SSSR count). The molecule has 0 bridgehead atoms. The predicted octanol–water partition coefficient (Wildman–Crippen LogP) is 4.31. The Morgan fingerprint density at radius 3 is 2.45 bits per heavy atom. The van der Waals surface area contributed by atoms with Gasteiger partial charge in [-0.15, -0.1) is 0 Å². The number of aryl methyl sites for hydroxylation is 1. The predicted molar refractivity (Wildman–Crippen MR) is 81.7 cm³/mol. The smallest absolute Gasteiger partial charge is 0.306 e. The second kappa shape index (κ2) is 6.43. The summed E-state index contributed by atoms with van der Waals surface area (Å²) in [5.74, 6) is 0.860. The maximum atomic E-state index is 11.5. The quantitative estimate of drug-likeness (QED) is 0.888. The maximum Gasteiger partial charge on any atom is 0.306 e. The lowest BCUT2D eigenvalue weighted by Crippen LogP contribution is -2.33. The van der Waals surface area contributed by atoms with Gasteiger partial charge >= 0.3 is 5.97 Å². The van der Waals surface area contributed by atoms with Crippen molar-refractivity contribution in [1.82, 2.24) is 0 Å². The second-order valence-electron chi connectivity index (χ2n) is 6.71. The highest BCUT2D eigenvalue weighted by atomic mass is 16.4. The molecular formula is C18H26O2. The highest BCUT2D eigenvalue weighted by Crippen LogP contribution is 2.39. The molecule has 3 unspecified atom stereocenters. The van der Waals surface area contributed by atoms with Crippen LogP contribution in [0.5, 0.6) is 0 Å². The number of hydrogen-bond acceptors (Lipinski definition) is 1. The number of hydrogen-bond donors (Lipinski definition) is 1. The van der Waals surface area contributed by atoms with Crippen molar-refractivity contribution in [3.63, 3.8) is 0 Å². The van der Waals surface area contributed by atoms with Gasteiger partial charge in [0.15, 0.2) is 0 Å². The molecule has 2 heteroatoms. The van der Waals surface area contributed by atoms with Crippen molar-refractivity contribution in [1.29, 1.82) is 0 Å². The van der Waals surface area contributed by atoms with Crippen LogP contribution in [0.2, 0.25) is 0 Å². The monoisotopic (exact) mass is 274 g/mol. The fraction of sp³-hybridized carbons (Fsp3) is 0.611. The molecule has 1 saturated carbocycles. The molecule has 0 heterocycles. The molecule has 2 nitrogen and oxygen atoms in total. The SMILES string of the molecule is Cc1ccc(CC2CC(C(C)C)CCC2C(=O)O)cc1. The zero-order valence-electron chi connectivity index (χ0n) is 12.8. The van der Waals surface area contributed by atoms with E-state index >= 15 is 0 Å². The molecule has 20 heavy (non-hydrogen) atoms. The molecule has 1 aliphatic rings. The van der Waals surface area contributed by atoms with Crippen molar-refractivity contribution in [2.75, 3.05) is 0 Å². The zero-order chi connectivity index (χ0) is 14.7. The van der Waals surface area contributed by atoms with E-state index in [0.717, 1.165) is 25.7 Å². The Morgan fingerprint density at radius 1 is 1.25 bits per heavy atom. The molecule has 1 aromatic carbocycles. The third-order valence-corrected chi connectivity index (χ3v) is 4.90. The first-order valence-electron chi connectivity index (χ1n) is 7.75. The summed E-state index contributed by atoms with van der Waals surface area (Å²) in [4.78, 5) is 11.5. The molecule has 1 fully saturated rings. The Hall–Kier alpha value is -1.31. The van der Waals surface area contributed by atoms with Gasteiger partial charge in [-0.05, 0) is 55.9 Å². The Bertz CT molecular complexity index is 447. The van der Waals surface area contributed by atoms with Gasteiger partial charge in [-0.2, -0.15) is 0 Å². The Balaban J connectivity index is 2.10. The average Bonchev–Trinajstić information content (AvgIpc) is 2.41. The summed E-state index contributed by atoms with van der Waals surface area (Å²) < 4.78 is 0. The van der Waals surface area contributed by atoms with Crippen molar-refractivity contribution in [2.45, 2.75) is 46.5 Å². The minimum Gasteiger partial charge on any atom is -0.481 e. The summed E-state index contributed by atoms with van der Waals surface area (Å²) in [5, 5.41) is 9.46. The summed E-state index contributed by atoms with van der Waals surface area (Å²) in [6.07, 6.45) is 3.87. The van der Waals surface area contributed by atoms with Crippen molar-refractivity contribution in [3.8, 4) is 0 Å². The molecule has 0 aromatic heterocycles. The van der Waals surface area contributed by atoms with E-state index in [0.29, 0.717) is 11.8 Å². The molecule has 0 spiro atoms. The molecule has 0 saturated heterocycles. The lowest BCUT2D eigenvalue weighted by atomic mass is 9.69. The van der Waals surface area contributed by atoms with Gasteiger partial charge in [-0.3, -0.25) is 4.79 Å². The van der Waals surface area contributed by atoms with Gasteiger partial charge in [0.25, 0.3) is 0 Å². The average molecular weight is 274 g/mol. The van der Waals surface area contributed by atoms with Gasteiger partial charge < -0.3 is 5.11 Å². The van der Waals surface area contributed by atoms with E-state index in [2.05, 4.69) is 45.0 Å². The normalized spacial score (nSPS) is 26.7. The van der Waals surface area contributed by atoms with Crippen molar-refractivity contribution < 1.29 is 9.90 Å². The number of carboxylic acids is 1. The van der Waals surface area contributed by atoms with E-state index in [1.807, 2.05) is 0 Å². The second-order valence-corrected chi connectivity index (χ2v) is 6.71. The standard InChI is InChI=1S/C18H26O2/c1-12(2)15-8-9-17(18(19)20)16(11-15)10-14-6-4-13(3)5-7-14/h4-7,12,15-17H,8-11H2,1-3H3,(H,19,20). The van der Waals surface area contributed by atoms with Crippen molar-refractivity contribution in [2.24, 2.45) is 23.7 Å². The Labute approximate surface area is 122 Å². The van der Waals surface area contributed by atoms with Crippen LogP contribution >= 0.6 is 0 Å². The van der Waals surface area contributed by atoms with E-state index in [1.165, 1.54) is 11.1 Å². The molecular weight excluding hydrogens is 248 g/mol. The first-order chi connectivity index (χ1) is 9.47. The van der Waals surface area contributed by atoms with Gasteiger partial charge in [0, 0.05) is 0 Å². The van der Waals surface area contributed by atoms with E-state index in [1.54, 1.807) is 0 Å². The van der Waals surface area contributed by atoms with Crippen LogP contribution in [0.4, 0.5) is 0 Å². The Kier molecular flexibility index (Phi) is 4.85. The highest BCUT2D eigenvalue weighted by Gasteiger charge is 2.35. The minimum absolute atomic E-state index is 0.161. The number of rotatable bonds is 4. The largest absolute Gasteiger partial charge is 0.481 e. The third kappa shape index (κ3) is 3.62. The molecule has 0 radical (unpaired) electrons. The number of carboxylic acid groups (broad SMARTS) is 1. The van der Waals surface area contributed by atoms with Crippen molar-refractivity contribution >= 4 is 5.97 Å². The van der Waals surface area contributed by atoms with Crippen LogP contribution in [0.1, 0.15) is 44.2 Å². The van der Waals surface area contributed by atoms with Gasteiger partial charge in [0.2, 0.25) is 0 Å². The summed E-state index contributed by atoms with van der Waals surface area (Å²) in [6, 6.07) is 8.53. The summed E-state index contributed by atoms with van der Waals surface area (Å²) in [6.45, 7) is 6.60. The number of aliphatic carboxylic acids is 1. The van der Waals surface area contributed by atoms with Gasteiger partial charge in [-0.25, -0.2) is 0 Å². The number of carbonyl (C=O) groups is 1. The first-order valence-corrected chi connectivity index (χ1v) is 7.75. The van der Waals surface area contributed by atoms with E-state index < -0.39 is 5.97 Å². The lowest BCUT2D eigenvalue weighted by Gasteiger charge is -2.36. The molecule has 1 aromatic rings. The zero-order valence-corrected chi connectivity index (χ0v) is 12.8. The third-order valence-electron chi connectivity index (χ3n) is 4.90. The van der Waals surface area contributed by atoms with Gasteiger partial charge in [0.05, 0.1) is 5.92 Å². The van der Waals surface area contributed by atoms with Crippen LogP contribution in [-0.4, -0.2) is 11.1 Å². The van der Waals surface area contributed by atoms with E-state index in [-0.39, 0.29) is 11.8 Å².